The zero-order valence-electron chi connectivity index (χ0n) is 10.5. The number of nitrogens with zero attached hydrogens (tertiary/aromatic N) is 3. The minimum absolute atomic E-state index is 0.00832. The molecular formula is C13H13FN4O. The van der Waals surface area contributed by atoms with Gasteiger partial charge in [0.2, 0.25) is 5.91 Å². The Bertz CT molecular complexity index is 650. The first kappa shape index (κ1) is 11.8. The van der Waals surface area contributed by atoms with Crippen LogP contribution in [-0.4, -0.2) is 20.7 Å². The minimum atomic E-state index is -0.394. The third kappa shape index (κ3) is 1.99. The van der Waals surface area contributed by atoms with Crippen LogP contribution < -0.4 is 5.32 Å². The average Bonchev–Trinajstić information content (AvgIpc) is 2.76. The smallest absolute Gasteiger partial charge is 0.227 e. The first-order valence-electron chi connectivity index (χ1n) is 6.19. The molecule has 0 spiro atoms. The summed E-state index contributed by atoms with van der Waals surface area (Å²) in [6.07, 6.45) is 3.87. The first-order chi connectivity index (χ1) is 9.19. The molecule has 0 bridgehead atoms. The number of hydrogen-bond donors (Lipinski definition) is 1. The molecule has 1 N–H and O–H groups in total. The van der Waals surface area contributed by atoms with E-state index in [0.717, 1.165) is 17.6 Å². The molecule has 0 aliphatic carbocycles. The summed E-state index contributed by atoms with van der Waals surface area (Å²) < 4.78 is 15.0. The molecule has 1 aliphatic heterocycles. The van der Waals surface area contributed by atoms with Gasteiger partial charge in [0.05, 0.1) is 18.4 Å². The van der Waals surface area contributed by atoms with Gasteiger partial charge in [-0.1, -0.05) is 6.92 Å². The van der Waals surface area contributed by atoms with Crippen molar-refractivity contribution in [1.82, 2.24) is 14.8 Å². The van der Waals surface area contributed by atoms with E-state index in [4.69, 9.17) is 0 Å². The molecule has 0 unspecified atom stereocenters. The Hall–Kier alpha value is -2.24. The molecule has 19 heavy (non-hydrogen) atoms. The summed E-state index contributed by atoms with van der Waals surface area (Å²) in [7, 11) is 0. The van der Waals surface area contributed by atoms with E-state index in [1.54, 1.807) is 10.9 Å². The number of pyridine rings is 1. The second kappa shape index (κ2) is 4.46. The number of anilines is 1. The molecule has 0 saturated heterocycles. The molecule has 6 heteroatoms. The zero-order chi connectivity index (χ0) is 13.4. The van der Waals surface area contributed by atoms with Gasteiger partial charge in [-0.25, -0.2) is 9.07 Å². The number of amides is 1. The second-order valence-corrected chi connectivity index (χ2v) is 4.44. The fourth-order valence-corrected chi connectivity index (χ4v) is 2.31. The number of nitrogens with one attached hydrogen (secondary N) is 1. The van der Waals surface area contributed by atoms with Gasteiger partial charge >= 0.3 is 0 Å². The molecular weight excluding hydrogens is 247 g/mol. The van der Waals surface area contributed by atoms with Gasteiger partial charge in [-0.05, 0) is 12.5 Å². The molecule has 0 fully saturated rings. The van der Waals surface area contributed by atoms with Crippen LogP contribution in [0.5, 0.6) is 0 Å². The van der Waals surface area contributed by atoms with E-state index in [1.165, 1.54) is 6.07 Å². The maximum Gasteiger partial charge on any atom is 0.227 e. The molecule has 3 heterocycles. The summed E-state index contributed by atoms with van der Waals surface area (Å²) in [4.78, 5) is 15.3. The zero-order valence-corrected chi connectivity index (χ0v) is 10.5. The molecule has 0 saturated carbocycles. The second-order valence-electron chi connectivity index (χ2n) is 4.44. The Kier molecular flexibility index (Phi) is 2.77. The number of hydrogen-bond acceptors (Lipinski definition) is 3. The Morgan fingerprint density at radius 2 is 2.32 bits per heavy atom. The van der Waals surface area contributed by atoms with Crippen molar-refractivity contribution in [2.24, 2.45) is 0 Å². The SMILES string of the molecule is CCc1c(-c2cncc(F)c2)nn2c1NC(=O)CC2. The summed E-state index contributed by atoms with van der Waals surface area (Å²) >= 11 is 0. The summed E-state index contributed by atoms with van der Waals surface area (Å²) in [6, 6.07) is 1.41. The quantitative estimate of drug-likeness (QED) is 0.898. The van der Waals surface area contributed by atoms with Crippen molar-refractivity contribution in [1.29, 1.82) is 0 Å². The fraction of sp³-hybridized carbons (Fsp3) is 0.308. The van der Waals surface area contributed by atoms with Crippen molar-refractivity contribution >= 4 is 11.7 Å². The van der Waals surface area contributed by atoms with Crippen molar-refractivity contribution in [2.45, 2.75) is 26.3 Å². The Morgan fingerprint density at radius 1 is 1.47 bits per heavy atom. The molecule has 0 radical (unpaired) electrons. The fourth-order valence-electron chi connectivity index (χ4n) is 2.31. The minimum Gasteiger partial charge on any atom is -0.311 e. The number of rotatable bonds is 2. The van der Waals surface area contributed by atoms with Crippen LogP contribution in [0.1, 0.15) is 18.9 Å². The van der Waals surface area contributed by atoms with Gasteiger partial charge in [-0.2, -0.15) is 5.10 Å². The molecule has 2 aromatic heterocycles. The number of aryl methyl sites for hydroxylation is 1. The van der Waals surface area contributed by atoms with Gasteiger partial charge in [-0.3, -0.25) is 9.78 Å². The molecule has 1 aliphatic rings. The summed E-state index contributed by atoms with van der Waals surface area (Å²) in [6.45, 7) is 2.53. The predicted octanol–water partition coefficient (Wildman–Crippen LogP) is 1.99. The number of fused-ring (bicyclic) bond motifs is 1. The first-order valence-corrected chi connectivity index (χ1v) is 6.19. The van der Waals surface area contributed by atoms with Crippen LogP contribution in [0.25, 0.3) is 11.3 Å². The largest absolute Gasteiger partial charge is 0.311 e. The van der Waals surface area contributed by atoms with Crippen LogP contribution in [0, 0.1) is 5.82 Å². The van der Waals surface area contributed by atoms with Crippen LogP contribution in [0.2, 0.25) is 0 Å². The van der Waals surface area contributed by atoms with E-state index in [1.807, 2.05) is 6.92 Å². The predicted molar refractivity (Wildman–Crippen MR) is 68.0 cm³/mol. The van der Waals surface area contributed by atoms with Crippen molar-refractivity contribution in [2.75, 3.05) is 5.32 Å². The van der Waals surface area contributed by atoms with E-state index < -0.39 is 5.82 Å². The maximum absolute atomic E-state index is 13.3. The van der Waals surface area contributed by atoms with E-state index >= 15 is 0 Å². The Labute approximate surface area is 109 Å². The normalized spacial score (nSPS) is 14.1. The number of carbonyl (C=O) groups is 1. The van der Waals surface area contributed by atoms with Gasteiger partial charge in [-0.15, -0.1) is 0 Å². The number of halogens is 1. The number of carbonyl (C=O) groups excluding carboxylic acids is 1. The molecule has 3 rings (SSSR count). The molecule has 1 amide bonds. The Balaban J connectivity index is 2.14. The lowest BCUT2D eigenvalue weighted by Crippen LogP contribution is -2.24. The van der Waals surface area contributed by atoms with Crippen molar-refractivity contribution < 1.29 is 9.18 Å². The van der Waals surface area contributed by atoms with Gasteiger partial charge in [0.1, 0.15) is 11.6 Å². The molecule has 98 valence electrons. The highest BCUT2D eigenvalue weighted by atomic mass is 19.1. The van der Waals surface area contributed by atoms with Gasteiger partial charge in [0.15, 0.2) is 0 Å². The van der Waals surface area contributed by atoms with Crippen molar-refractivity contribution in [3.63, 3.8) is 0 Å². The monoisotopic (exact) mass is 260 g/mol. The third-order valence-electron chi connectivity index (χ3n) is 3.19. The lowest BCUT2D eigenvalue weighted by atomic mass is 10.1. The standard InChI is InChI=1S/C13H13FN4O/c1-2-10-12(8-5-9(14)7-15-6-8)17-18-4-3-11(19)16-13(10)18/h5-7H,2-4H2,1H3,(H,16,19). The van der Waals surface area contributed by atoms with E-state index in [2.05, 4.69) is 15.4 Å². The highest BCUT2D eigenvalue weighted by Gasteiger charge is 2.23. The van der Waals surface area contributed by atoms with E-state index in [-0.39, 0.29) is 5.91 Å². The van der Waals surface area contributed by atoms with Gasteiger partial charge in [0.25, 0.3) is 0 Å². The molecule has 0 aromatic carbocycles. The summed E-state index contributed by atoms with van der Waals surface area (Å²) in [5, 5.41) is 7.29. The van der Waals surface area contributed by atoms with Crippen LogP contribution >= 0.6 is 0 Å². The van der Waals surface area contributed by atoms with Crippen LogP contribution in [0.15, 0.2) is 18.5 Å². The highest BCUT2D eigenvalue weighted by molar-refractivity contribution is 5.93. The van der Waals surface area contributed by atoms with Gasteiger partial charge in [0, 0.05) is 23.7 Å². The summed E-state index contributed by atoms with van der Waals surface area (Å²) in [5.74, 6) is 0.318. The average molecular weight is 260 g/mol. The van der Waals surface area contributed by atoms with Crippen LogP contribution in [0.3, 0.4) is 0 Å². The van der Waals surface area contributed by atoms with E-state index in [9.17, 15) is 9.18 Å². The lowest BCUT2D eigenvalue weighted by Gasteiger charge is -2.15. The van der Waals surface area contributed by atoms with Crippen molar-refractivity contribution in [3.05, 3.63) is 29.8 Å². The topological polar surface area (TPSA) is 59.8 Å². The van der Waals surface area contributed by atoms with Gasteiger partial charge < -0.3 is 5.32 Å². The van der Waals surface area contributed by atoms with Crippen molar-refractivity contribution in [3.8, 4) is 11.3 Å². The highest BCUT2D eigenvalue weighted by Crippen LogP contribution is 2.31. The summed E-state index contributed by atoms with van der Waals surface area (Å²) in [5.41, 5.74) is 2.24. The van der Waals surface area contributed by atoms with E-state index in [0.29, 0.717) is 30.6 Å². The molecule has 5 nitrogen and oxygen atoms in total. The lowest BCUT2D eigenvalue weighted by molar-refractivity contribution is -0.116. The maximum atomic E-state index is 13.3. The Morgan fingerprint density at radius 3 is 3.05 bits per heavy atom. The number of aromatic nitrogens is 3. The molecule has 2 aromatic rings. The van der Waals surface area contributed by atoms with Crippen LogP contribution in [-0.2, 0) is 17.8 Å². The molecule has 0 atom stereocenters. The third-order valence-corrected chi connectivity index (χ3v) is 3.19. The van der Waals surface area contributed by atoms with Crippen LogP contribution in [0.4, 0.5) is 10.2 Å².